The van der Waals surface area contributed by atoms with E-state index in [1.54, 1.807) is 32.4 Å². The molecule has 1 fully saturated rings. The molecule has 0 aliphatic carbocycles. The number of aryl methyl sites for hydroxylation is 1. The molecule has 1 aliphatic heterocycles. The van der Waals surface area contributed by atoms with Crippen LogP contribution < -0.4 is 14.2 Å². The van der Waals surface area contributed by atoms with Crippen molar-refractivity contribution in [1.82, 2.24) is 4.90 Å². The van der Waals surface area contributed by atoms with Gasteiger partial charge in [-0.15, -0.1) is 0 Å². The van der Waals surface area contributed by atoms with Crippen LogP contribution in [0.15, 0.2) is 42.5 Å². The number of ether oxygens (including phenoxy) is 4. The van der Waals surface area contributed by atoms with Gasteiger partial charge < -0.3 is 24.1 Å². The smallest absolute Gasteiger partial charge is 0.341 e. The molecule has 0 amide bonds. The fraction of sp³-hybridized carbons (Fsp3) is 0.516. The van der Waals surface area contributed by atoms with Crippen molar-refractivity contribution < 1.29 is 38.4 Å². The third-order valence-electron chi connectivity index (χ3n) is 7.61. The summed E-state index contributed by atoms with van der Waals surface area (Å²) in [4.78, 5) is 39.3. The van der Waals surface area contributed by atoms with Gasteiger partial charge in [-0.1, -0.05) is 39.0 Å². The number of aliphatic carboxylic acids is 1. The molecule has 0 radical (unpaired) electrons. The number of carbonyl (C=O) groups is 3. The molecule has 1 unspecified atom stereocenters. The van der Waals surface area contributed by atoms with Gasteiger partial charge in [-0.2, -0.15) is 0 Å². The second-order valence-corrected chi connectivity index (χ2v) is 10.7. The Bertz CT molecular complexity index is 1180. The number of nitrogens with zero attached hydrogens (tertiary/aromatic N) is 1. The summed E-state index contributed by atoms with van der Waals surface area (Å²) in [7, 11) is 3.16. The first-order chi connectivity index (χ1) is 19.1. The van der Waals surface area contributed by atoms with Gasteiger partial charge in [0.2, 0.25) is 0 Å². The van der Waals surface area contributed by atoms with Gasteiger partial charge in [-0.25, -0.2) is 4.79 Å². The van der Waals surface area contributed by atoms with Gasteiger partial charge in [-0.05, 0) is 74.0 Å². The molecule has 9 nitrogen and oxygen atoms in total. The van der Waals surface area contributed by atoms with Gasteiger partial charge in [-0.3, -0.25) is 14.5 Å². The van der Waals surface area contributed by atoms with Crippen molar-refractivity contribution in [3.63, 3.8) is 0 Å². The molecule has 9 heteroatoms. The highest BCUT2D eigenvalue weighted by Crippen LogP contribution is 2.32. The van der Waals surface area contributed by atoms with Crippen molar-refractivity contribution in [1.29, 1.82) is 0 Å². The number of methoxy groups -OCH3 is 2. The van der Waals surface area contributed by atoms with E-state index < -0.39 is 30.1 Å². The monoisotopic (exact) mass is 555 g/mol. The number of Topliss-reactive ketones (excluding diaryl/α,β-unsaturated/α-hetero) is 1. The first kappa shape index (κ1) is 30.9. The van der Waals surface area contributed by atoms with Crippen LogP contribution in [0.5, 0.6) is 17.2 Å². The molecule has 2 aromatic rings. The van der Waals surface area contributed by atoms with E-state index in [4.69, 9.17) is 24.1 Å². The molecule has 0 aromatic heterocycles. The molecule has 218 valence electrons. The lowest BCUT2D eigenvalue weighted by Crippen LogP contribution is -2.43. The zero-order chi connectivity index (χ0) is 29.3. The van der Waals surface area contributed by atoms with Gasteiger partial charge in [0, 0.05) is 5.41 Å². The van der Waals surface area contributed by atoms with Gasteiger partial charge in [0.1, 0.15) is 17.9 Å². The van der Waals surface area contributed by atoms with Gasteiger partial charge in [0.25, 0.3) is 0 Å². The first-order valence-electron chi connectivity index (χ1n) is 13.7. The summed E-state index contributed by atoms with van der Waals surface area (Å²) < 4.78 is 22.3. The minimum Gasteiger partial charge on any atom is -0.493 e. The minimum absolute atomic E-state index is 0.114. The lowest BCUT2D eigenvalue weighted by Gasteiger charge is -2.29. The van der Waals surface area contributed by atoms with E-state index in [1.807, 2.05) is 49.9 Å². The summed E-state index contributed by atoms with van der Waals surface area (Å²) in [5.74, 6) is 0.279. The maximum atomic E-state index is 13.5. The summed E-state index contributed by atoms with van der Waals surface area (Å²) in [5.41, 5.74) is 1.23. The Morgan fingerprint density at radius 1 is 1.07 bits per heavy atom. The third kappa shape index (κ3) is 8.21. The van der Waals surface area contributed by atoms with Crippen molar-refractivity contribution in [2.75, 3.05) is 33.9 Å². The number of hydrogen-bond donors (Lipinski definition) is 1. The molecule has 1 saturated heterocycles. The molecule has 3 rings (SSSR count). The van der Waals surface area contributed by atoms with E-state index in [-0.39, 0.29) is 18.3 Å². The fourth-order valence-electron chi connectivity index (χ4n) is 4.67. The first-order valence-corrected chi connectivity index (χ1v) is 13.7. The molecular weight excluding hydrogens is 514 g/mol. The van der Waals surface area contributed by atoms with Crippen molar-refractivity contribution in [2.45, 2.75) is 65.0 Å². The highest BCUT2D eigenvalue weighted by atomic mass is 16.5. The Kier molecular flexibility index (Phi) is 11.0. The summed E-state index contributed by atoms with van der Waals surface area (Å²) in [6.07, 6.45) is 2.61. The number of esters is 1. The van der Waals surface area contributed by atoms with E-state index in [0.717, 1.165) is 18.4 Å². The molecule has 40 heavy (non-hydrogen) atoms. The molecule has 2 aromatic carbocycles. The Morgan fingerprint density at radius 3 is 2.50 bits per heavy atom. The van der Waals surface area contributed by atoms with Crippen molar-refractivity contribution in [3.05, 3.63) is 53.6 Å². The molecule has 1 heterocycles. The highest BCUT2D eigenvalue weighted by Gasteiger charge is 2.37. The molecule has 1 aliphatic rings. The maximum absolute atomic E-state index is 13.5. The van der Waals surface area contributed by atoms with Crippen LogP contribution in [-0.4, -0.2) is 67.7 Å². The van der Waals surface area contributed by atoms with Crippen LogP contribution >= 0.6 is 0 Å². The van der Waals surface area contributed by atoms with Crippen molar-refractivity contribution in [2.24, 2.45) is 5.41 Å². The number of benzene rings is 2. The van der Waals surface area contributed by atoms with Crippen LogP contribution in [-0.2, 0) is 25.5 Å². The van der Waals surface area contributed by atoms with E-state index in [2.05, 4.69) is 0 Å². The average Bonchev–Trinajstić information content (AvgIpc) is 3.42. The maximum Gasteiger partial charge on any atom is 0.341 e. The lowest BCUT2D eigenvalue weighted by molar-refractivity contribution is -0.155. The van der Waals surface area contributed by atoms with Crippen LogP contribution in [0.4, 0.5) is 0 Å². The summed E-state index contributed by atoms with van der Waals surface area (Å²) in [6, 6.07) is 12.1. The Balaban J connectivity index is 1.80. The third-order valence-corrected chi connectivity index (χ3v) is 7.61. The lowest BCUT2D eigenvalue weighted by atomic mass is 9.85. The number of rotatable bonds is 15. The Labute approximate surface area is 236 Å². The number of carboxylic acid groups (broad SMARTS) is 1. The van der Waals surface area contributed by atoms with Crippen molar-refractivity contribution in [3.8, 4) is 17.2 Å². The standard InChI is InChI=1S/C31H41NO8/c1-6-31(2,3)28(33)19-32-16-8-11-24(32)30(36)40-25(22-9-7-10-23(18-22)39-20-29(34)35)14-12-21-13-15-26(37-4)27(17-21)38-5/h7,9-10,13,15,17-18,24-25H,6,8,11-12,14,16,19-20H2,1-5H3,(H,34,35)/t24-,25?/m0/s1. The topological polar surface area (TPSA) is 112 Å². The fourth-order valence-corrected chi connectivity index (χ4v) is 4.67. The number of carbonyl (C=O) groups excluding carboxylic acids is 2. The molecule has 0 spiro atoms. The largest absolute Gasteiger partial charge is 0.493 e. The van der Waals surface area contributed by atoms with Gasteiger partial charge in [0.05, 0.1) is 20.8 Å². The predicted molar refractivity (Wildman–Crippen MR) is 150 cm³/mol. The normalized spacial score (nSPS) is 16.3. The summed E-state index contributed by atoms with van der Waals surface area (Å²) in [6.45, 7) is 6.27. The highest BCUT2D eigenvalue weighted by molar-refractivity contribution is 5.87. The van der Waals surface area contributed by atoms with Gasteiger partial charge >= 0.3 is 11.9 Å². The zero-order valence-electron chi connectivity index (χ0n) is 24.1. The number of hydrogen-bond acceptors (Lipinski definition) is 8. The van der Waals surface area contributed by atoms with Crippen LogP contribution in [0.3, 0.4) is 0 Å². The molecule has 2 atom stereocenters. The van der Waals surface area contributed by atoms with E-state index in [9.17, 15) is 14.4 Å². The van der Waals surface area contributed by atoms with Crippen LogP contribution in [0, 0.1) is 5.41 Å². The number of ketones is 1. The predicted octanol–water partition coefficient (Wildman–Crippen LogP) is 4.85. The van der Waals surface area contributed by atoms with Crippen LogP contribution in [0.25, 0.3) is 0 Å². The number of likely N-dealkylation sites (tertiary alicyclic amines) is 1. The second kappa shape index (κ2) is 14.2. The Hall–Kier alpha value is -3.59. The van der Waals surface area contributed by atoms with E-state index >= 15 is 0 Å². The second-order valence-electron chi connectivity index (χ2n) is 10.7. The van der Waals surface area contributed by atoms with Gasteiger partial charge in [0.15, 0.2) is 23.9 Å². The zero-order valence-corrected chi connectivity index (χ0v) is 24.1. The quantitative estimate of drug-likeness (QED) is 0.308. The molecule has 1 N–H and O–H groups in total. The van der Waals surface area contributed by atoms with Crippen LogP contribution in [0.1, 0.15) is 63.7 Å². The van der Waals surface area contributed by atoms with E-state index in [1.165, 1.54) is 0 Å². The summed E-state index contributed by atoms with van der Waals surface area (Å²) in [5, 5.41) is 8.99. The molecular formula is C31H41NO8. The SMILES string of the molecule is CCC(C)(C)C(=O)CN1CCC[C@H]1C(=O)OC(CCc1ccc(OC)c(OC)c1)c1cccc(OCC(=O)O)c1. The molecule has 0 bridgehead atoms. The summed E-state index contributed by atoms with van der Waals surface area (Å²) >= 11 is 0. The van der Waals surface area contributed by atoms with E-state index in [0.29, 0.717) is 48.6 Å². The minimum atomic E-state index is -1.08. The molecule has 0 saturated carbocycles. The van der Waals surface area contributed by atoms with Crippen LogP contribution in [0.2, 0.25) is 0 Å². The average molecular weight is 556 g/mol. The Morgan fingerprint density at radius 2 is 1.82 bits per heavy atom. The number of carboxylic acids is 1. The van der Waals surface area contributed by atoms with Crippen molar-refractivity contribution >= 4 is 17.7 Å².